The van der Waals surface area contributed by atoms with Crippen LogP contribution in [-0.2, 0) is 16.8 Å². The molecule has 0 radical (unpaired) electrons. The fraction of sp³-hybridized carbons (Fsp3) is 0.278. The maximum atomic E-state index is 12.6. The Labute approximate surface area is 125 Å². The van der Waals surface area contributed by atoms with Crippen molar-refractivity contribution >= 4 is 5.91 Å². The maximum absolute atomic E-state index is 12.6. The standard InChI is InChI=1S/C18H20N2O/c1-18(12-19,14-8-3-2-4-9-14)20-17(21)16-11-13-7-5-6-10-15(13)16/h2-10,16H,11-12,19H2,1H3,(H,20,21). The summed E-state index contributed by atoms with van der Waals surface area (Å²) in [7, 11) is 0. The zero-order valence-corrected chi connectivity index (χ0v) is 12.2. The molecule has 1 aliphatic carbocycles. The van der Waals surface area contributed by atoms with Crippen molar-refractivity contribution in [1.82, 2.24) is 5.32 Å². The molecule has 1 amide bonds. The number of rotatable bonds is 4. The van der Waals surface area contributed by atoms with E-state index in [2.05, 4.69) is 11.4 Å². The van der Waals surface area contributed by atoms with E-state index in [4.69, 9.17) is 5.73 Å². The summed E-state index contributed by atoms with van der Waals surface area (Å²) in [4.78, 5) is 12.6. The van der Waals surface area contributed by atoms with E-state index in [9.17, 15) is 4.79 Å². The second kappa shape index (κ2) is 5.34. The lowest BCUT2D eigenvalue weighted by Gasteiger charge is -2.35. The molecule has 0 aromatic heterocycles. The van der Waals surface area contributed by atoms with E-state index in [-0.39, 0.29) is 11.8 Å². The topological polar surface area (TPSA) is 55.1 Å². The van der Waals surface area contributed by atoms with E-state index < -0.39 is 5.54 Å². The molecule has 108 valence electrons. The molecule has 2 atom stereocenters. The first kappa shape index (κ1) is 13.8. The van der Waals surface area contributed by atoms with Gasteiger partial charge in [0.05, 0.1) is 11.5 Å². The number of nitrogens with two attached hydrogens (primary N) is 1. The van der Waals surface area contributed by atoms with Gasteiger partial charge in [0.15, 0.2) is 0 Å². The third kappa shape index (κ3) is 2.45. The SMILES string of the molecule is CC(CN)(NC(=O)C1Cc2ccccc21)c1ccccc1. The summed E-state index contributed by atoms with van der Waals surface area (Å²) in [6.45, 7) is 2.35. The molecule has 2 unspecified atom stereocenters. The Kier molecular flexibility index (Phi) is 3.52. The van der Waals surface area contributed by atoms with Crippen molar-refractivity contribution in [2.45, 2.75) is 24.8 Å². The Hall–Kier alpha value is -2.13. The van der Waals surface area contributed by atoms with Gasteiger partial charge in [0.25, 0.3) is 0 Å². The molecule has 2 aromatic carbocycles. The van der Waals surface area contributed by atoms with Crippen LogP contribution in [0.15, 0.2) is 54.6 Å². The van der Waals surface area contributed by atoms with Crippen molar-refractivity contribution in [3.05, 3.63) is 71.3 Å². The van der Waals surface area contributed by atoms with E-state index in [1.54, 1.807) is 0 Å². The lowest BCUT2D eigenvalue weighted by molar-refractivity contribution is -0.124. The zero-order chi connectivity index (χ0) is 14.9. The highest BCUT2D eigenvalue weighted by molar-refractivity contribution is 5.87. The van der Waals surface area contributed by atoms with Crippen LogP contribution in [0.5, 0.6) is 0 Å². The highest BCUT2D eigenvalue weighted by Gasteiger charge is 2.36. The van der Waals surface area contributed by atoms with Gasteiger partial charge >= 0.3 is 0 Å². The van der Waals surface area contributed by atoms with Crippen LogP contribution in [0.1, 0.15) is 29.5 Å². The monoisotopic (exact) mass is 280 g/mol. The molecule has 1 aliphatic rings. The molecule has 0 spiro atoms. The van der Waals surface area contributed by atoms with E-state index in [0.29, 0.717) is 6.54 Å². The van der Waals surface area contributed by atoms with Crippen LogP contribution in [0, 0.1) is 0 Å². The molecule has 0 saturated carbocycles. The van der Waals surface area contributed by atoms with Gasteiger partial charge in [-0.1, -0.05) is 54.6 Å². The second-order valence-corrected chi connectivity index (χ2v) is 5.85. The van der Waals surface area contributed by atoms with Gasteiger partial charge in [0.1, 0.15) is 0 Å². The number of carbonyl (C=O) groups is 1. The lowest BCUT2D eigenvalue weighted by Crippen LogP contribution is -2.51. The van der Waals surface area contributed by atoms with Gasteiger partial charge in [-0.25, -0.2) is 0 Å². The number of benzene rings is 2. The number of hydrogen-bond acceptors (Lipinski definition) is 2. The summed E-state index contributed by atoms with van der Waals surface area (Å²) >= 11 is 0. The predicted molar refractivity (Wildman–Crippen MR) is 83.9 cm³/mol. The first-order valence-electron chi connectivity index (χ1n) is 7.29. The van der Waals surface area contributed by atoms with Gasteiger partial charge in [-0.15, -0.1) is 0 Å². The summed E-state index contributed by atoms with van der Waals surface area (Å²) in [6.07, 6.45) is 0.817. The second-order valence-electron chi connectivity index (χ2n) is 5.85. The molecule has 21 heavy (non-hydrogen) atoms. The van der Waals surface area contributed by atoms with Crippen molar-refractivity contribution in [2.24, 2.45) is 5.73 Å². The summed E-state index contributed by atoms with van der Waals surface area (Å²) in [6, 6.07) is 18.0. The fourth-order valence-electron chi connectivity index (χ4n) is 2.90. The average Bonchev–Trinajstić information content (AvgIpc) is 2.49. The third-order valence-corrected chi connectivity index (χ3v) is 4.39. The summed E-state index contributed by atoms with van der Waals surface area (Å²) in [5.74, 6) is 0.0151. The number of nitrogens with one attached hydrogen (secondary N) is 1. The average molecular weight is 280 g/mol. The smallest absolute Gasteiger partial charge is 0.228 e. The van der Waals surface area contributed by atoms with Crippen LogP contribution in [-0.4, -0.2) is 12.5 Å². The lowest BCUT2D eigenvalue weighted by atomic mass is 9.76. The van der Waals surface area contributed by atoms with Crippen molar-refractivity contribution in [3.63, 3.8) is 0 Å². The minimum absolute atomic E-state index is 0.0456. The minimum atomic E-state index is -0.525. The van der Waals surface area contributed by atoms with Gasteiger partial charge in [0.2, 0.25) is 5.91 Å². The van der Waals surface area contributed by atoms with E-state index in [0.717, 1.165) is 17.5 Å². The van der Waals surface area contributed by atoms with Gasteiger partial charge < -0.3 is 11.1 Å². The maximum Gasteiger partial charge on any atom is 0.228 e. The van der Waals surface area contributed by atoms with E-state index in [1.165, 1.54) is 5.56 Å². The largest absolute Gasteiger partial charge is 0.345 e. The number of carbonyl (C=O) groups excluding carboxylic acids is 1. The zero-order valence-electron chi connectivity index (χ0n) is 12.2. The first-order valence-corrected chi connectivity index (χ1v) is 7.29. The van der Waals surface area contributed by atoms with Crippen LogP contribution >= 0.6 is 0 Å². The van der Waals surface area contributed by atoms with Crippen LogP contribution in [0.3, 0.4) is 0 Å². The molecule has 3 N–H and O–H groups in total. The normalized spacial score (nSPS) is 19.0. The predicted octanol–water partition coefficient (Wildman–Crippen LogP) is 2.32. The molecule has 0 aliphatic heterocycles. The Bertz CT molecular complexity index is 653. The van der Waals surface area contributed by atoms with Crippen LogP contribution in [0.4, 0.5) is 0 Å². The van der Waals surface area contributed by atoms with Crippen LogP contribution in [0.25, 0.3) is 0 Å². The number of hydrogen-bond donors (Lipinski definition) is 2. The molecule has 3 nitrogen and oxygen atoms in total. The van der Waals surface area contributed by atoms with Gasteiger partial charge in [-0.2, -0.15) is 0 Å². The van der Waals surface area contributed by atoms with Gasteiger partial charge in [-0.3, -0.25) is 4.79 Å². The van der Waals surface area contributed by atoms with Gasteiger partial charge in [-0.05, 0) is 30.0 Å². The first-order chi connectivity index (χ1) is 10.1. The summed E-state index contributed by atoms with van der Waals surface area (Å²) < 4.78 is 0. The Balaban J connectivity index is 1.78. The molecule has 3 rings (SSSR count). The Morgan fingerprint density at radius 2 is 1.86 bits per heavy atom. The molecule has 2 aromatic rings. The van der Waals surface area contributed by atoms with Crippen molar-refractivity contribution in [1.29, 1.82) is 0 Å². The van der Waals surface area contributed by atoms with Crippen molar-refractivity contribution in [2.75, 3.05) is 6.54 Å². The molecule has 3 heteroatoms. The van der Waals surface area contributed by atoms with Crippen molar-refractivity contribution < 1.29 is 4.79 Å². The molecule has 0 bridgehead atoms. The number of amides is 1. The summed E-state index contributed by atoms with van der Waals surface area (Å²) in [5, 5.41) is 3.14. The minimum Gasteiger partial charge on any atom is -0.345 e. The molecular weight excluding hydrogens is 260 g/mol. The molecule has 0 saturated heterocycles. The van der Waals surface area contributed by atoms with E-state index >= 15 is 0 Å². The fourth-order valence-corrected chi connectivity index (χ4v) is 2.90. The van der Waals surface area contributed by atoms with Crippen LogP contribution in [0.2, 0.25) is 0 Å². The third-order valence-electron chi connectivity index (χ3n) is 4.39. The van der Waals surface area contributed by atoms with Gasteiger partial charge in [0, 0.05) is 6.54 Å². The molecular formula is C18H20N2O. The highest BCUT2D eigenvalue weighted by atomic mass is 16.2. The van der Waals surface area contributed by atoms with Crippen molar-refractivity contribution in [3.8, 4) is 0 Å². The quantitative estimate of drug-likeness (QED) is 0.903. The van der Waals surface area contributed by atoms with Crippen LogP contribution < -0.4 is 11.1 Å². The Morgan fingerprint density at radius 3 is 2.52 bits per heavy atom. The Morgan fingerprint density at radius 1 is 1.19 bits per heavy atom. The highest BCUT2D eigenvalue weighted by Crippen LogP contribution is 2.35. The molecule has 0 fully saturated rings. The molecule has 0 heterocycles. The van der Waals surface area contributed by atoms with E-state index in [1.807, 2.05) is 55.5 Å². The number of fused-ring (bicyclic) bond motifs is 1. The summed E-state index contributed by atoms with van der Waals surface area (Å²) in [5.41, 5.74) is 8.85.